The zero-order chi connectivity index (χ0) is 11.5. The number of hydrogen-bond acceptors (Lipinski definition) is 3. The van der Waals surface area contributed by atoms with Crippen LogP contribution in [0.3, 0.4) is 0 Å². The number of rotatable bonds is 5. The van der Waals surface area contributed by atoms with E-state index in [9.17, 15) is 9.59 Å². The average molecular weight is 226 g/mol. The van der Waals surface area contributed by atoms with Crippen LogP contribution in [0.15, 0.2) is 0 Å². The van der Waals surface area contributed by atoms with E-state index in [4.69, 9.17) is 5.11 Å². The lowest BCUT2D eigenvalue weighted by atomic mass is 10.1. The highest BCUT2D eigenvalue weighted by Gasteiger charge is 2.28. The van der Waals surface area contributed by atoms with Gasteiger partial charge >= 0.3 is 5.97 Å². The number of carboxylic acids is 1. The van der Waals surface area contributed by atoms with Gasteiger partial charge < -0.3 is 10.4 Å². The van der Waals surface area contributed by atoms with E-state index >= 15 is 0 Å². The molecule has 1 saturated heterocycles. The van der Waals surface area contributed by atoms with Gasteiger partial charge in [0.2, 0.25) is 5.91 Å². The highest BCUT2D eigenvalue weighted by Crippen LogP contribution is 2.20. The topological polar surface area (TPSA) is 69.6 Å². The van der Waals surface area contributed by atoms with Crippen LogP contribution in [0.5, 0.6) is 0 Å². The molecule has 1 heterocycles. The van der Waals surface area contributed by atoms with Gasteiger partial charge in [0.15, 0.2) is 0 Å². The molecule has 0 aromatic rings. The Morgan fingerprint density at radius 3 is 2.69 bits per heavy atom. The highest BCUT2D eigenvalue weighted by molar-refractivity contribution is 5.78. The van der Waals surface area contributed by atoms with Gasteiger partial charge in [0, 0.05) is 19.0 Å². The molecule has 1 saturated carbocycles. The number of hydrogen-bond donors (Lipinski definition) is 2. The molecule has 1 aliphatic carbocycles. The molecule has 1 amide bonds. The Morgan fingerprint density at radius 1 is 1.31 bits per heavy atom. The summed E-state index contributed by atoms with van der Waals surface area (Å²) in [6, 6.07) is 0.407. The summed E-state index contributed by atoms with van der Waals surface area (Å²) in [7, 11) is 0. The van der Waals surface area contributed by atoms with E-state index in [1.165, 1.54) is 0 Å². The molecule has 2 N–H and O–H groups in total. The molecule has 1 atom stereocenters. The van der Waals surface area contributed by atoms with Crippen LogP contribution in [0, 0.1) is 5.92 Å². The summed E-state index contributed by atoms with van der Waals surface area (Å²) >= 11 is 0. The van der Waals surface area contributed by atoms with Crippen molar-refractivity contribution in [2.24, 2.45) is 5.92 Å². The van der Waals surface area contributed by atoms with Crippen molar-refractivity contribution in [1.82, 2.24) is 10.2 Å². The van der Waals surface area contributed by atoms with E-state index in [0.29, 0.717) is 12.6 Å². The molecular formula is C11H18N2O3. The Balaban J connectivity index is 1.67. The van der Waals surface area contributed by atoms with Crippen LogP contribution in [0.1, 0.15) is 25.7 Å². The average Bonchev–Trinajstić information content (AvgIpc) is 2.87. The molecular weight excluding hydrogens is 208 g/mol. The summed E-state index contributed by atoms with van der Waals surface area (Å²) < 4.78 is 0. The van der Waals surface area contributed by atoms with Crippen molar-refractivity contribution in [3.05, 3.63) is 0 Å². The number of nitrogens with zero attached hydrogens (tertiary/aromatic N) is 1. The normalized spacial score (nSPS) is 25.6. The molecule has 5 heteroatoms. The van der Waals surface area contributed by atoms with Crippen LogP contribution in [0.25, 0.3) is 0 Å². The van der Waals surface area contributed by atoms with Gasteiger partial charge in [-0.05, 0) is 31.7 Å². The summed E-state index contributed by atoms with van der Waals surface area (Å²) in [4.78, 5) is 24.1. The Kier molecular flexibility index (Phi) is 3.43. The minimum absolute atomic E-state index is 0.0819. The second-order valence-corrected chi connectivity index (χ2v) is 4.83. The molecule has 0 aromatic heterocycles. The van der Waals surface area contributed by atoms with E-state index in [1.54, 1.807) is 0 Å². The minimum Gasteiger partial charge on any atom is -0.481 e. The van der Waals surface area contributed by atoms with Gasteiger partial charge in [-0.2, -0.15) is 0 Å². The third-order valence-electron chi connectivity index (χ3n) is 3.14. The number of carboxylic acid groups (broad SMARTS) is 1. The number of nitrogens with one attached hydrogen (secondary N) is 1. The molecule has 1 aliphatic heterocycles. The van der Waals surface area contributed by atoms with Crippen LogP contribution < -0.4 is 5.32 Å². The van der Waals surface area contributed by atoms with Gasteiger partial charge in [-0.25, -0.2) is 0 Å². The number of likely N-dealkylation sites (tertiary alicyclic amines) is 1. The van der Waals surface area contributed by atoms with Crippen molar-refractivity contribution in [1.29, 1.82) is 0 Å². The van der Waals surface area contributed by atoms with Crippen LogP contribution in [-0.2, 0) is 9.59 Å². The van der Waals surface area contributed by atoms with E-state index in [-0.39, 0.29) is 18.2 Å². The summed E-state index contributed by atoms with van der Waals surface area (Å²) in [6.07, 6.45) is 3.32. The van der Waals surface area contributed by atoms with E-state index in [1.807, 2.05) is 4.90 Å². The first-order valence-electron chi connectivity index (χ1n) is 5.87. The molecule has 0 spiro atoms. The predicted molar refractivity (Wildman–Crippen MR) is 58.0 cm³/mol. The predicted octanol–water partition coefficient (Wildman–Crippen LogP) is 0.0616. The van der Waals surface area contributed by atoms with Crippen molar-refractivity contribution in [2.75, 3.05) is 19.6 Å². The van der Waals surface area contributed by atoms with Gasteiger partial charge in [-0.15, -0.1) is 0 Å². The van der Waals surface area contributed by atoms with Gasteiger partial charge in [0.25, 0.3) is 0 Å². The van der Waals surface area contributed by atoms with Crippen molar-refractivity contribution >= 4 is 11.9 Å². The molecule has 0 radical (unpaired) electrons. The van der Waals surface area contributed by atoms with Crippen LogP contribution in [0.4, 0.5) is 0 Å². The van der Waals surface area contributed by atoms with Crippen molar-refractivity contribution < 1.29 is 14.7 Å². The van der Waals surface area contributed by atoms with E-state index in [0.717, 1.165) is 32.4 Å². The first kappa shape index (κ1) is 11.4. The number of amides is 1. The summed E-state index contributed by atoms with van der Waals surface area (Å²) in [5.74, 6) is -0.445. The third kappa shape index (κ3) is 3.48. The standard InChI is InChI=1S/C11H18N2O3/c14-10(12-9-1-2-9)7-13-4-3-8(6-13)5-11(15)16/h8-9H,1-7H2,(H,12,14)(H,15,16). The molecule has 0 aromatic carbocycles. The Bertz CT molecular complexity index is 289. The summed E-state index contributed by atoms with van der Waals surface area (Å²) in [5, 5.41) is 11.6. The lowest BCUT2D eigenvalue weighted by molar-refractivity contribution is -0.138. The quantitative estimate of drug-likeness (QED) is 0.695. The lowest BCUT2D eigenvalue weighted by Gasteiger charge is -2.14. The van der Waals surface area contributed by atoms with E-state index < -0.39 is 5.97 Å². The maximum atomic E-state index is 11.5. The number of aliphatic carboxylic acids is 1. The summed E-state index contributed by atoms with van der Waals surface area (Å²) in [6.45, 7) is 2.01. The van der Waals surface area contributed by atoms with Gasteiger partial charge in [0.05, 0.1) is 6.54 Å². The Hall–Kier alpha value is -1.10. The fourth-order valence-electron chi connectivity index (χ4n) is 2.17. The first-order chi connectivity index (χ1) is 7.63. The second-order valence-electron chi connectivity index (χ2n) is 4.83. The SMILES string of the molecule is O=C(O)CC1CCN(CC(=O)NC2CC2)C1. The van der Waals surface area contributed by atoms with Gasteiger partial charge in [-0.1, -0.05) is 0 Å². The van der Waals surface area contributed by atoms with E-state index in [2.05, 4.69) is 5.32 Å². The van der Waals surface area contributed by atoms with Crippen molar-refractivity contribution in [3.8, 4) is 0 Å². The molecule has 16 heavy (non-hydrogen) atoms. The van der Waals surface area contributed by atoms with Crippen LogP contribution in [-0.4, -0.2) is 47.6 Å². The van der Waals surface area contributed by atoms with Crippen LogP contribution in [0.2, 0.25) is 0 Å². The van der Waals surface area contributed by atoms with Crippen LogP contribution >= 0.6 is 0 Å². The second kappa shape index (κ2) is 4.82. The third-order valence-corrected chi connectivity index (χ3v) is 3.14. The first-order valence-corrected chi connectivity index (χ1v) is 5.87. The van der Waals surface area contributed by atoms with Crippen molar-refractivity contribution in [3.63, 3.8) is 0 Å². The van der Waals surface area contributed by atoms with Gasteiger partial charge in [-0.3, -0.25) is 14.5 Å². The molecule has 2 aliphatic rings. The number of carbonyl (C=O) groups is 2. The lowest BCUT2D eigenvalue weighted by Crippen LogP contribution is -2.37. The molecule has 1 unspecified atom stereocenters. The monoisotopic (exact) mass is 226 g/mol. The largest absolute Gasteiger partial charge is 0.481 e. The minimum atomic E-state index is -0.741. The molecule has 2 fully saturated rings. The Labute approximate surface area is 94.8 Å². The fraction of sp³-hybridized carbons (Fsp3) is 0.818. The zero-order valence-electron chi connectivity index (χ0n) is 9.32. The highest BCUT2D eigenvalue weighted by atomic mass is 16.4. The molecule has 0 bridgehead atoms. The van der Waals surface area contributed by atoms with Gasteiger partial charge in [0.1, 0.15) is 0 Å². The zero-order valence-corrected chi connectivity index (χ0v) is 9.32. The van der Waals surface area contributed by atoms with Crippen molar-refractivity contribution in [2.45, 2.75) is 31.7 Å². The molecule has 5 nitrogen and oxygen atoms in total. The Morgan fingerprint density at radius 2 is 2.06 bits per heavy atom. The summed E-state index contributed by atoms with van der Waals surface area (Å²) in [5.41, 5.74) is 0. The smallest absolute Gasteiger partial charge is 0.303 e. The maximum absolute atomic E-state index is 11.5. The number of carbonyl (C=O) groups excluding carboxylic acids is 1. The molecule has 90 valence electrons. The maximum Gasteiger partial charge on any atom is 0.303 e. The fourth-order valence-corrected chi connectivity index (χ4v) is 2.17. The molecule has 2 rings (SSSR count).